The van der Waals surface area contributed by atoms with Crippen molar-refractivity contribution >= 4 is 12.6 Å². The van der Waals surface area contributed by atoms with Gasteiger partial charge in [0.1, 0.15) is 12.6 Å². The van der Waals surface area contributed by atoms with E-state index in [1.807, 2.05) is 6.92 Å². The largest absolute Gasteiger partial charge is 0.303 e. The molecule has 0 aliphatic heterocycles. The summed E-state index contributed by atoms with van der Waals surface area (Å²) >= 11 is 0. The van der Waals surface area contributed by atoms with Gasteiger partial charge < -0.3 is 4.79 Å². The van der Waals surface area contributed by atoms with Gasteiger partial charge in [0.2, 0.25) is 0 Å². The number of aldehydes is 2. The Hall–Kier alpha value is -1.18. The van der Waals surface area contributed by atoms with Crippen LogP contribution in [0.3, 0.4) is 0 Å². The van der Waals surface area contributed by atoms with Crippen LogP contribution in [0.2, 0.25) is 0 Å². The Bertz CT molecular complexity index is 248. The van der Waals surface area contributed by atoms with Crippen molar-refractivity contribution in [3.05, 3.63) is 24.3 Å². The summed E-state index contributed by atoms with van der Waals surface area (Å²) in [6.45, 7) is 14.0. The van der Waals surface area contributed by atoms with Crippen LogP contribution in [-0.2, 0) is 9.59 Å². The van der Waals surface area contributed by atoms with Crippen molar-refractivity contribution < 1.29 is 9.59 Å². The van der Waals surface area contributed by atoms with E-state index in [-0.39, 0.29) is 0 Å². The fourth-order valence-electron chi connectivity index (χ4n) is 1.45. The lowest BCUT2D eigenvalue weighted by Crippen LogP contribution is -1.97. The van der Waals surface area contributed by atoms with Crippen LogP contribution in [0.25, 0.3) is 0 Å². The van der Waals surface area contributed by atoms with Crippen LogP contribution in [0.1, 0.15) is 79.6 Å². The van der Waals surface area contributed by atoms with Gasteiger partial charge in [0.05, 0.1) is 0 Å². The zero-order chi connectivity index (χ0) is 16.9. The van der Waals surface area contributed by atoms with Crippen molar-refractivity contribution in [3.8, 4) is 0 Å². The van der Waals surface area contributed by atoms with Gasteiger partial charge in [-0.2, -0.15) is 0 Å². The Morgan fingerprint density at radius 3 is 1.62 bits per heavy atom. The average Bonchev–Trinajstić information content (AvgIpc) is 2.52. The number of hydrogen-bond acceptors (Lipinski definition) is 2. The SMILES string of the molecule is C=C(C=O)CCC.CC/C=C/CC.CCCC(C=O)CC. The molecule has 0 radical (unpaired) electrons. The molecule has 21 heavy (non-hydrogen) atoms. The molecule has 0 bridgehead atoms. The first-order valence-electron chi connectivity index (χ1n) is 8.30. The maximum atomic E-state index is 10.1. The van der Waals surface area contributed by atoms with Crippen LogP contribution in [0.5, 0.6) is 0 Å². The Kier molecular flexibility index (Phi) is 28.2. The third kappa shape index (κ3) is 27.9. The van der Waals surface area contributed by atoms with Gasteiger partial charge >= 0.3 is 0 Å². The lowest BCUT2D eigenvalue weighted by molar-refractivity contribution is -0.111. The predicted molar refractivity (Wildman–Crippen MR) is 94.6 cm³/mol. The van der Waals surface area contributed by atoms with Gasteiger partial charge in [0.25, 0.3) is 0 Å². The standard InChI is InChI=1S/C7H14O.C6H10O.C6H12/c1-3-5-7(4-2)6-8;1-3-4-6(2)5-7;1-3-5-6-4-2/h6-7H,3-5H2,1-2H3;5H,2-4H2,1H3;5-6H,3-4H2,1-2H3/b;;6-5+. The van der Waals surface area contributed by atoms with E-state index in [1.54, 1.807) is 0 Å². The maximum absolute atomic E-state index is 10.1. The minimum absolute atomic E-state index is 0.319. The van der Waals surface area contributed by atoms with E-state index in [2.05, 4.69) is 46.4 Å². The normalized spacial score (nSPS) is 10.7. The second-order valence-electron chi connectivity index (χ2n) is 4.91. The first-order chi connectivity index (χ1) is 10.1. The first-order valence-corrected chi connectivity index (χ1v) is 8.30. The molecule has 1 unspecified atom stereocenters. The van der Waals surface area contributed by atoms with Crippen molar-refractivity contribution in [1.82, 2.24) is 0 Å². The zero-order valence-corrected chi connectivity index (χ0v) is 14.9. The van der Waals surface area contributed by atoms with E-state index < -0.39 is 0 Å². The highest BCUT2D eigenvalue weighted by molar-refractivity contribution is 5.71. The third-order valence-corrected chi connectivity index (χ3v) is 2.75. The van der Waals surface area contributed by atoms with Crippen LogP contribution in [0.15, 0.2) is 24.3 Å². The minimum Gasteiger partial charge on any atom is -0.303 e. The molecule has 0 aromatic rings. The van der Waals surface area contributed by atoms with E-state index in [9.17, 15) is 9.59 Å². The van der Waals surface area contributed by atoms with Gasteiger partial charge in [-0.1, -0.05) is 66.2 Å². The summed E-state index contributed by atoms with van der Waals surface area (Å²) in [5.74, 6) is 0.319. The van der Waals surface area contributed by atoms with Crippen LogP contribution >= 0.6 is 0 Å². The van der Waals surface area contributed by atoms with Crippen molar-refractivity contribution in [3.63, 3.8) is 0 Å². The highest BCUT2D eigenvalue weighted by Gasteiger charge is 1.99. The summed E-state index contributed by atoms with van der Waals surface area (Å²) in [5, 5.41) is 0. The molecule has 124 valence electrons. The molecule has 0 saturated heterocycles. The molecule has 0 N–H and O–H groups in total. The summed E-state index contributed by atoms with van der Waals surface area (Å²) in [6, 6.07) is 0. The van der Waals surface area contributed by atoms with Crippen LogP contribution in [0.4, 0.5) is 0 Å². The molecule has 0 aliphatic carbocycles. The van der Waals surface area contributed by atoms with Gasteiger partial charge in [0.15, 0.2) is 0 Å². The van der Waals surface area contributed by atoms with Gasteiger partial charge in [-0.3, -0.25) is 4.79 Å². The maximum Gasteiger partial charge on any atom is 0.145 e. The number of carbonyl (C=O) groups is 2. The van der Waals surface area contributed by atoms with E-state index >= 15 is 0 Å². The van der Waals surface area contributed by atoms with Crippen molar-refractivity contribution in [2.45, 2.75) is 79.6 Å². The summed E-state index contributed by atoms with van der Waals surface area (Å²) in [4.78, 5) is 19.9. The lowest BCUT2D eigenvalue weighted by Gasteiger charge is -2.01. The van der Waals surface area contributed by atoms with E-state index in [0.717, 1.165) is 44.7 Å². The molecule has 0 amide bonds. The quantitative estimate of drug-likeness (QED) is 0.301. The van der Waals surface area contributed by atoms with Gasteiger partial charge in [-0.25, -0.2) is 0 Å². The molecule has 0 spiro atoms. The van der Waals surface area contributed by atoms with Gasteiger partial charge in [-0.05, 0) is 37.7 Å². The molecule has 0 rings (SSSR count). The fraction of sp³-hybridized carbons (Fsp3) is 0.684. The highest BCUT2D eigenvalue weighted by atomic mass is 16.1. The topological polar surface area (TPSA) is 34.1 Å². The molecule has 0 saturated carbocycles. The second-order valence-corrected chi connectivity index (χ2v) is 4.91. The van der Waals surface area contributed by atoms with Crippen molar-refractivity contribution in [2.75, 3.05) is 0 Å². The summed E-state index contributed by atoms with van der Waals surface area (Å²) < 4.78 is 0. The number of rotatable bonds is 9. The first kappa shape index (κ1) is 24.8. The van der Waals surface area contributed by atoms with Crippen molar-refractivity contribution in [2.24, 2.45) is 5.92 Å². The van der Waals surface area contributed by atoms with E-state index in [0.29, 0.717) is 11.5 Å². The second kappa shape index (κ2) is 23.9. The lowest BCUT2D eigenvalue weighted by atomic mass is 10.0. The minimum atomic E-state index is 0.319. The third-order valence-electron chi connectivity index (χ3n) is 2.75. The Morgan fingerprint density at radius 2 is 1.48 bits per heavy atom. The molecule has 2 nitrogen and oxygen atoms in total. The molecular weight excluding hydrogens is 260 g/mol. The summed E-state index contributed by atoms with van der Waals surface area (Å²) in [7, 11) is 0. The molecular formula is C19H36O2. The Morgan fingerprint density at radius 1 is 0.952 bits per heavy atom. The number of allylic oxidation sites excluding steroid dienone is 3. The van der Waals surface area contributed by atoms with E-state index in [1.165, 1.54) is 12.8 Å². The molecule has 0 heterocycles. The van der Waals surface area contributed by atoms with E-state index in [4.69, 9.17) is 0 Å². The van der Waals surface area contributed by atoms with Crippen LogP contribution in [0, 0.1) is 5.92 Å². The predicted octanol–water partition coefficient (Wildman–Crippen LogP) is 5.92. The summed E-state index contributed by atoms with van der Waals surface area (Å²) in [5.41, 5.74) is 0.697. The molecule has 2 heteroatoms. The van der Waals surface area contributed by atoms with Crippen molar-refractivity contribution in [1.29, 1.82) is 0 Å². The number of hydrogen-bond donors (Lipinski definition) is 0. The molecule has 0 aromatic heterocycles. The average molecular weight is 296 g/mol. The Balaban J connectivity index is -0.000000234. The molecule has 0 fully saturated rings. The van der Waals surface area contributed by atoms with Crippen LogP contribution in [-0.4, -0.2) is 12.6 Å². The van der Waals surface area contributed by atoms with Crippen LogP contribution < -0.4 is 0 Å². The summed E-state index contributed by atoms with van der Waals surface area (Å²) in [6.07, 6.45) is 13.6. The number of carbonyl (C=O) groups excluding carboxylic acids is 2. The molecule has 0 aliphatic rings. The van der Waals surface area contributed by atoms with Gasteiger partial charge in [-0.15, -0.1) is 0 Å². The smallest absolute Gasteiger partial charge is 0.145 e. The monoisotopic (exact) mass is 296 g/mol. The highest BCUT2D eigenvalue weighted by Crippen LogP contribution is 2.05. The molecule has 0 aromatic carbocycles. The van der Waals surface area contributed by atoms with Gasteiger partial charge in [0, 0.05) is 5.92 Å². The Labute approximate surface area is 132 Å². The fourth-order valence-corrected chi connectivity index (χ4v) is 1.45. The molecule has 1 atom stereocenters. The zero-order valence-electron chi connectivity index (χ0n) is 14.9.